The van der Waals surface area contributed by atoms with Gasteiger partial charge in [0.25, 0.3) is 5.56 Å². The molecule has 124 valence electrons. The van der Waals surface area contributed by atoms with Gasteiger partial charge < -0.3 is 10.1 Å². The Hall–Kier alpha value is -2.37. The van der Waals surface area contributed by atoms with E-state index in [4.69, 9.17) is 4.74 Å². The Labute approximate surface area is 136 Å². The van der Waals surface area contributed by atoms with Crippen LogP contribution < -0.4 is 15.6 Å². The maximum absolute atomic E-state index is 11.4. The average molecular weight is 316 g/mol. The lowest BCUT2D eigenvalue weighted by molar-refractivity contribution is 0.398. The lowest BCUT2D eigenvalue weighted by Crippen LogP contribution is -2.14. The normalized spacial score (nSPS) is 12.0. The first-order valence-electron chi connectivity index (χ1n) is 7.83. The van der Waals surface area contributed by atoms with Crippen LogP contribution in [0.15, 0.2) is 16.9 Å². The fraction of sp³-hybridized carbons (Fsp3) is 0.471. The Kier molecular flexibility index (Phi) is 5.36. The van der Waals surface area contributed by atoms with Crippen LogP contribution in [0.1, 0.15) is 31.7 Å². The molecule has 6 heteroatoms. The van der Waals surface area contributed by atoms with Crippen molar-refractivity contribution in [3.63, 3.8) is 0 Å². The number of pyridine rings is 1. The van der Waals surface area contributed by atoms with Crippen LogP contribution in [0.5, 0.6) is 5.88 Å². The molecule has 0 radical (unpaired) electrons. The van der Waals surface area contributed by atoms with Crippen molar-refractivity contribution in [1.82, 2.24) is 15.0 Å². The quantitative estimate of drug-likeness (QED) is 0.856. The van der Waals surface area contributed by atoms with Crippen molar-refractivity contribution in [2.24, 2.45) is 5.92 Å². The third-order valence-corrected chi connectivity index (χ3v) is 3.90. The van der Waals surface area contributed by atoms with Crippen LogP contribution in [-0.2, 0) is 0 Å². The molecule has 0 amide bonds. The highest BCUT2D eigenvalue weighted by atomic mass is 16.5. The van der Waals surface area contributed by atoms with Crippen molar-refractivity contribution in [3.05, 3.63) is 33.9 Å². The van der Waals surface area contributed by atoms with Crippen molar-refractivity contribution >= 4 is 5.82 Å². The molecular weight excluding hydrogens is 292 g/mol. The van der Waals surface area contributed by atoms with Gasteiger partial charge in [0.2, 0.25) is 5.88 Å². The number of aromatic nitrogens is 3. The van der Waals surface area contributed by atoms with Gasteiger partial charge in [0.1, 0.15) is 5.82 Å². The van der Waals surface area contributed by atoms with Gasteiger partial charge in [-0.05, 0) is 25.8 Å². The van der Waals surface area contributed by atoms with Gasteiger partial charge >= 0.3 is 0 Å². The topological polar surface area (TPSA) is 79.9 Å². The zero-order valence-corrected chi connectivity index (χ0v) is 14.4. The number of aromatic amines is 1. The predicted molar refractivity (Wildman–Crippen MR) is 92.1 cm³/mol. The van der Waals surface area contributed by atoms with Gasteiger partial charge in [0, 0.05) is 12.6 Å². The molecule has 0 saturated carbocycles. The van der Waals surface area contributed by atoms with Gasteiger partial charge in [-0.25, -0.2) is 9.97 Å². The molecule has 0 aliphatic rings. The van der Waals surface area contributed by atoms with Crippen LogP contribution in [0.25, 0.3) is 11.3 Å². The van der Waals surface area contributed by atoms with E-state index in [-0.39, 0.29) is 5.56 Å². The van der Waals surface area contributed by atoms with Crippen LogP contribution >= 0.6 is 0 Å². The number of H-pyrrole nitrogens is 1. The number of hydrogen-bond acceptors (Lipinski definition) is 5. The molecule has 0 aliphatic carbocycles. The zero-order valence-electron chi connectivity index (χ0n) is 14.4. The van der Waals surface area contributed by atoms with Crippen molar-refractivity contribution in [3.8, 4) is 17.1 Å². The van der Waals surface area contributed by atoms with Gasteiger partial charge in [-0.2, -0.15) is 0 Å². The molecule has 6 nitrogen and oxygen atoms in total. The first-order valence-corrected chi connectivity index (χ1v) is 7.83. The minimum absolute atomic E-state index is 0.209. The SMILES string of the molecule is CCC(C)CNc1nc(C)c(-c2ccc(=O)[nH]c2OC)nc1C. The maximum Gasteiger partial charge on any atom is 0.250 e. The van der Waals surface area contributed by atoms with E-state index in [1.165, 1.54) is 13.2 Å². The summed E-state index contributed by atoms with van der Waals surface area (Å²) >= 11 is 0. The molecule has 1 atom stereocenters. The molecule has 0 aliphatic heterocycles. The van der Waals surface area contributed by atoms with E-state index >= 15 is 0 Å². The number of ether oxygens (including phenoxy) is 1. The van der Waals surface area contributed by atoms with Crippen LogP contribution in [0.4, 0.5) is 5.82 Å². The second-order valence-corrected chi connectivity index (χ2v) is 5.76. The summed E-state index contributed by atoms with van der Waals surface area (Å²) < 4.78 is 5.26. The predicted octanol–water partition coefficient (Wildman–Crippen LogP) is 2.92. The van der Waals surface area contributed by atoms with E-state index in [1.807, 2.05) is 13.8 Å². The number of aryl methyl sites for hydroxylation is 2. The number of nitrogens with zero attached hydrogens (tertiary/aromatic N) is 2. The van der Waals surface area contributed by atoms with E-state index in [0.717, 1.165) is 35.7 Å². The first-order chi connectivity index (χ1) is 11.0. The van der Waals surface area contributed by atoms with Gasteiger partial charge in [-0.3, -0.25) is 9.78 Å². The van der Waals surface area contributed by atoms with E-state index in [1.54, 1.807) is 6.07 Å². The molecule has 0 bridgehead atoms. The van der Waals surface area contributed by atoms with Crippen LogP contribution in [-0.4, -0.2) is 28.6 Å². The van der Waals surface area contributed by atoms with Crippen molar-refractivity contribution in [2.75, 3.05) is 19.0 Å². The highest BCUT2D eigenvalue weighted by Gasteiger charge is 2.15. The minimum atomic E-state index is -0.209. The number of anilines is 1. The van der Waals surface area contributed by atoms with Gasteiger partial charge in [-0.1, -0.05) is 20.3 Å². The summed E-state index contributed by atoms with van der Waals surface area (Å²) in [5.74, 6) is 1.78. The van der Waals surface area contributed by atoms with E-state index in [2.05, 4.69) is 34.1 Å². The molecular formula is C17H24N4O2. The van der Waals surface area contributed by atoms with Crippen molar-refractivity contribution in [2.45, 2.75) is 34.1 Å². The van der Waals surface area contributed by atoms with E-state index < -0.39 is 0 Å². The summed E-state index contributed by atoms with van der Waals surface area (Å²) in [5.41, 5.74) is 2.84. The summed E-state index contributed by atoms with van der Waals surface area (Å²) in [6.45, 7) is 9.06. The Balaban J connectivity index is 2.39. The molecule has 0 aromatic carbocycles. The van der Waals surface area contributed by atoms with E-state index in [9.17, 15) is 4.79 Å². The van der Waals surface area contributed by atoms with E-state index in [0.29, 0.717) is 17.5 Å². The highest BCUT2D eigenvalue weighted by Crippen LogP contribution is 2.28. The molecule has 2 heterocycles. The van der Waals surface area contributed by atoms with Gasteiger partial charge in [0.15, 0.2) is 0 Å². The summed E-state index contributed by atoms with van der Waals surface area (Å²) in [5, 5.41) is 3.36. The third kappa shape index (κ3) is 3.88. The van der Waals surface area contributed by atoms with Crippen LogP contribution in [0, 0.1) is 19.8 Å². The summed E-state index contributed by atoms with van der Waals surface area (Å²) in [4.78, 5) is 23.4. The number of rotatable bonds is 6. The Morgan fingerprint density at radius 2 is 2.00 bits per heavy atom. The molecule has 2 N–H and O–H groups in total. The molecule has 0 fully saturated rings. The molecule has 0 saturated heterocycles. The lowest BCUT2D eigenvalue weighted by atomic mass is 10.1. The smallest absolute Gasteiger partial charge is 0.250 e. The molecule has 23 heavy (non-hydrogen) atoms. The minimum Gasteiger partial charge on any atom is -0.482 e. The first kappa shape index (κ1) is 17.0. The van der Waals surface area contributed by atoms with Crippen LogP contribution in [0.2, 0.25) is 0 Å². The van der Waals surface area contributed by atoms with Crippen molar-refractivity contribution < 1.29 is 4.74 Å². The molecule has 1 unspecified atom stereocenters. The summed E-state index contributed by atoms with van der Waals surface area (Å²) in [7, 11) is 1.52. The Morgan fingerprint density at radius 1 is 1.26 bits per heavy atom. The standard InChI is InChI=1S/C17H24N4O2/c1-6-10(2)9-18-16-12(4)19-15(11(3)20-16)13-7-8-14(22)21-17(13)23-5/h7-8,10H,6,9H2,1-5H3,(H,18,20)(H,21,22). The molecule has 0 spiro atoms. The summed E-state index contributed by atoms with van der Waals surface area (Å²) in [6, 6.07) is 3.17. The Morgan fingerprint density at radius 3 is 2.65 bits per heavy atom. The molecule has 2 aromatic heterocycles. The summed E-state index contributed by atoms with van der Waals surface area (Å²) in [6.07, 6.45) is 1.12. The number of methoxy groups -OCH3 is 1. The number of hydrogen-bond donors (Lipinski definition) is 2. The average Bonchev–Trinajstić information content (AvgIpc) is 2.54. The fourth-order valence-electron chi connectivity index (χ4n) is 2.24. The second-order valence-electron chi connectivity index (χ2n) is 5.76. The monoisotopic (exact) mass is 316 g/mol. The Bertz CT molecular complexity index is 740. The van der Waals surface area contributed by atoms with Gasteiger partial charge in [0.05, 0.1) is 29.8 Å². The fourth-order valence-corrected chi connectivity index (χ4v) is 2.24. The van der Waals surface area contributed by atoms with Crippen molar-refractivity contribution in [1.29, 1.82) is 0 Å². The third-order valence-electron chi connectivity index (χ3n) is 3.90. The van der Waals surface area contributed by atoms with Crippen LogP contribution in [0.3, 0.4) is 0 Å². The largest absolute Gasteiger partial charge is 0.482 e. The van der Waals surface area contributed by atoms with Gasteiger partial charge in [-0.15, -0.1) is 0 Å². The zero-order chi connectivity index (χ0) is 17.0. The highest BCUT2D eigenvalue weighted by molar-refractivity contribution is 5.68. The second kappa shape index (κ2) is 7.26. The number of nitrogens with one attached hydrogen (secondary N) is 2. The molecule has 2 aromatic rings. The maximum atomic E-state index is 11.4. The lowest BCUT2D eigenvalue weighted by Gasteiger charge is -2.15. The molecule has 2 rings (SSSR count).